The van der Waals surface area contributed by atoms with Crippen molar-refractivity contribution in [3.8, 4) is 0 Å². The first-order valence-corrected chi connectivity index (χ1v) is 16.1. The van der Waals surface area contributed by atoms with E-state index in [1.807, 2.05) is 23.1 Å². The van der Waals surface area contributed by atoms with Gasteiger partial charge in [-0.15, -0.1) is 0 Å². The van der Waals surface area contributed by atoms with Crippen LogP contribution in [0.25, 0.3) is 0 Å². The van der Waals surface area contributed by atoms with E-state index >= 15 is 0 Å². The zero-order valence-corrected chi connectivity index (χ0v) is 25.7. The van der Waals surface area contributed by atoms with Gasteiger partial charge in [-0.3, -0.25) is 14.4 Å². The number of nitrogens with one attached hydrogen (secondary N) is 1. The summed E-state index contributed by atoms with van der Waals surface area (Å²) in [7, 11) is 0. The van der Waals surface area contributed by atoms with E-state index in [4.69, 9.17) is 5.73 Å². The summed E-state index contributed by atoms with van der Waals surface area (Å²) in [6.07, 6.45) is 10.6. The fourth-order valence-electron chi connectivity index (χ4n) is 7.04. The van der Waals surface area contributed by atoms with E-state index in [2.05, 4.69) is 16.1 Å². The Labute approximate surface area is 255 Å². The molecular formula is C35H48FN3O4. The van der Waals surface area contributed by atoms with E-state index in [0.717, 1.165) is 49.4 Å². The zero-order chi connectivity index (χ0) is 30.8. The second-order valence-electron chi connectivity index (χ2n) is 12.2. The Kier molecular flexibility index (Phi) is 12.1. The third-order valence-corrected chi connectivity index (χ3v) is 9.39. The summed E-state index contributed by atoms with van der Waals surface area (Å²) >= 11 is 0. The molecule has 0 bridgehead atoms. The molecule has 0 aromatic heterocycles. The number of rotatable bonds is 7. The molecule has 1 heterocycles. The molecule has 2 aromatic carbocycles. The Bertz CT molecular complexity index is 1210. The van der Waals surface area contributed by atoms with Crippen molar-refractivity contribution in [1.29, 1.82) is 0 Å². The number of nitrogens with two attached hydrogens (primary N) is 1. The highest BCUT2D eigenvalue weighted by Crippen LogP contribution is 2.36. The number of ether oxygens (including phenoxy) is 1. The van der Waals surface area contributed by atoms with Crippen LogP contribution in [0.3, 0.4) is 0 Å². The number of aryl methyl sites for hydroxylation is 1. The number of benzene rings is 2. The number of piperidine rings is 1. The van der Waals surface area contributed by atoms with E-state index in [0.29, 0.717) is 25.4 Å². The first kappa shape index (κ1) is 32.6. The average molecular weight is 594 g/mol. The minimum Gasteiger partial charge on any atom is -0.466 e. The first-order chi connectivity index (χ1) is 20.8. The van der Waals surface area contributed by atoms with Crippen LogP contribution in [0, 0.1) is 23.6 Å². The minimum absolute atomic E-state index is 0.0375. The second-order valence-corrected chi connectivity index (χ2v) is 12.2. The summed E-state index contributed by atoms with van der Waals surface area (Å²) in [5, 5.41) is 3.08. The van der Waals surface area contributed by atoms with Gasteiger partial charge in [0, 0.05) is 32.5 Å². The molecule has 5 rings (SSSR count). The van der Waals surface area contributed by atoms with Crippen LogP contribution in [0.1, 0.15) is 87.9 Å². The van der Waals surface area contributed by atoms with Crippen LogP contribution in [-0.4, -0.2) is 48.4 Å². The van der Waals surface area contributed by atoms with Crippen LogP contribution < -0.4 is 11.1 Å². The van der Waals surface area contributed by atoms with Gasteiger partial charge >= 0.3 is 5.97 Å². The standard InChI is InChI=1S/C31H40FN3O2.C4H8O2/c32-25-13-10-21(11-14-25)20-28(31(37)35-18-16-23(17-19-35)22-6-2-1-3-7-22)34-30(36)27-15-12-24-8-4-5-9-26(24)29(27)33;1-3-6-4(2)5/h4-5,8-11,13-14,22-23,27-29H,1-3,6-7,12,15-20,33H2,(H,34,36);3H2,1-2H3/t27?,28-,29?;/m1./s1. The lowest BCUT2D eigenvalue weighted by atomic mass is 9.76. The third kappa shape index (κ3) is 9.12. The quantitative estimate of drug-likeness (QED) is 0.413. The molecule has 2 amide bonds. The normalized spacial score (nSPS) is 21.5. The third-order valence-electron chi connectivity index (χ3n) is 9.39. The van der Waals surface area contributed by atoms with E-state index in [1.54, 1.807) is 19.1 Å². The van der Waals surface area contributed by atoms with Crippen LogP contribution >= 0.6 is 0 Å². The Morgan fingerprint density at radius 1 is 0.953 bits per heavy atom. The summed E-state index contributed by atoms with van der Waals surface area (Å²) in [6, 6.07) is 13.1. The maximum absolute atomic E-state index is 13.8. The van der Waals surface area contributed by atoms with Gasteiger partial charge in [-0.1, -0.05) is 68.5 Å². The van der Waals surface area contributed by atoms with Crippen LogP contribution in [0.4, 0.5) is 4.39 Å². The number of hydrogen-bond donors (Lipinski definition) is 2. The number of halogens is 1. The minimum atomic E-state index is -0.687. The molecule has 3 N–H and O–H groups in total. The highest BCUT2D eigenvalue weighted by molar-refractivity contribution is 5.89. The smallest absolute Gasteiger partial charge is 0.302 e. The lowest BCUT2D eigenvalue weighted by molar-refractivity contribution is -0.140. The van der Waals surface area contributed by atoms with Gasteiger partial charge in [-0.25, -0.2) is 4.39 Å². The highest BCUT2D eigenvalue weighted by atomic mass is 19.1. The molecule has 0 spiro atoms. The molecule has 43 heavy (non-hydrogen) atoms. The molecule has 3 aliphatic rings. The summed E-state index contributed by atoms with van der Waals surface area (Å²) in [5.41, 5.74) is 9.58. The van der Waals surface area contributed by atoms with Crippen molar-refractivity contribution in [2.75, 3.05) is 19.7 Å². The molecule has 1 saturated carbocycles. The summed E-state index contributed by atoms with van der Waals surface area (Å²) in [4.78, 5) is 39.0. The van der Waals surface area contributed by atoms with Crippen LogP contribution in [0.2, 0.25) is 0 Å². The van der Waals surface area contributed by atoms with E-state index in [1.165, 1.54) is 56.7 Å². The van der Waals surface area contributed by atoms with Crippen molar-refractivity contribution in [2.24, 2.45) is 23.5 Å². The number of likely N-dealkylation sites (tertiary alicyclic amines) is 1. The van der Waals surface area contributed by atoms with Crippen LogP contribution in [-0.2, 0) is 32.0 Å². The largest absolute Gasteiger partial charge is 0.466 e. The second kappa shape index (κ2) is 16.0. The Morgan fingerprint density at radius 3 is 2.23 bits per heavy atom. The number of carbonyl (C=O) groups is 3. The monoisotopic (exact) mass is 593 g/mol. The topological polar surface area (TPSA) is 102 Å². The molecule has 3 atom stereocenters. The predicted molar refractivity (Wildman–Crippen MR) is 165 cm³/mol. The van der Waals surface area contributed by atoms with Gasteiger partial charge in [-0.2, -0.15) is 0 Å². The van der Waals surface area contributed by atoms with Crippen molar-refractivity contribution in [1.82, 2.24) is 10.2 Å². The fourth-order valence-corrected chi connectivity index (χ4v) is 7.04. The van der Waals surface area contributed by atoms with Gasteiger partial charge in [0.2, 0.25) is 11.8 Å². The zero-order valence-electron chi connectivity index (χ0n) is 25.7. The number of hydrogen-bond acceptors (Lipinski definition) is 5. The van der Waals surface area contributed by atoms with Crippen molar-refractivity contribution in [2.45, 2.75) is 90.1 Å². The molecule has 2 fully saturated rings. The number of carbonyl (C=O) groups excluding carboxylic acids is 3. The van der Waals surface area contributed by atoms with Crippen molar-refractivity contribution in [3.63, 3.8) is 0 Å². The number of nitrogens with zero attached hydrogens (tertiary/aromatic N) is 1. The predicted octanol–water partition coefficient (Wildman–Crippen LogP) is 5.50. The molecule has 0 radical (unpaired) electrons. The lowest BCUT2D eigenvalue weighted by Gasteiger charge is -2.39. The van der Waals surface area contributed by atoms with Crippen molar-refractivity contribution in [3.05, 3.63) is 71.0 Å². The molecular weight excluding hydrogens is 545 g/mol. The molecule has 1 aliphatic heterocycles. The molecule has 2 aromatic rings. The highest BCUT2D eigenvalue weighted by Gasteiger charge is 2.36. The fraction of sp³-hybridized carbons (Fsp3) is 0.571. The van der Waals surface area contributed by atoms with E-state index in [-0.39, 0.29) is 29.5 Å². The van der Waals surface area contributed by atoms with Crippen LogP contribution in [0.5, 0.6) is 0 Å². The Balaban J connectivity index is 0.000000641. The maximum atomic E-state index is 13.8. The van der Waals surface area contributed by atoms with Gasteiger partial charge in [0.25, 0.3) is 0 Å². The molecule has 2 unspecified atom stereocenters. The van der Waals surface area contributed by atoms with Gasteiger partial charge in [0.05, 0.1) is 12.5 Å². The summed E-state index contributed by atoms with van der Waals surface area (Å²) in [5.74, 6) is 0.399. The summed E-state index contributed by atoms with van der Waals surface area (Å²) < 4.78 is 17.9. The van der Waals surface area contributed by atoms with Gasteiger partial charge in [-0.05, 0) is 73.3 Å². The maximum Gasteiger partial charge on any atom is 0.302 e. The number of esters is 1. The average Bonchev–Trinajstić information content (AvgIpc) is 3.02. The van der Waals surface area contributed by atoms with E-state index in [9.17, 15) is 18.8 Å². The van der Waals surface area contributed by atoms with Crippen molar-refractivity contribution >= 4 is 17.8 Å². The number of amides is 2. The van der Waals surface area contributed by atoms with Gasteiger partial charge in [0.1, 0.15) is 11.9 Å². The van der Waals surface area contributed by atoms with E-state index < -0.39 is 12.1 Å². The Morgan fingerprint density at radius 2 is 1.60 bits per heavy atom. The SMILES string of the molecule is CCOC(C)=O.NC1c2ccccc2CCC1C(=O)N[C@H](Cc1ccc(F)cc1)C(=O)N1CCC(C2CCCCC2)CC1. The molecule has 7 nitrogen and oxygen atoms in total. The molecule has 1 saturated heterocycles. The molecule has 8 heteroatoms. The molecule has 2 aliphatic carbocycles. The lowest BCUT2D eigenvalue weighted by Crippen LogP contribution is -2.54. The number of fused-ring (bicyclic) bond motifs is 1. The van der Waals surface area contributed by atoms with Gasteiger partial charge in [0.15, 0.2) is 0 Å². The summed E-state index contributed by atoms with van der Waals surface area (Å²) in [6.45, 7) is 5.14. The van der Waals surface area contributed by atoms with Crippen molar-refractivity contribution < 1.29 is 23.5 Å². The Hall–Kier alpha value is -3.26. The van der Waals surface area contributed by atoms with Gasteiger partial charge < -0.3 is 20.7 Å². The first-order valence-electron chi connectivity index (χ1n) is 16.1. The molecule has 234 valence electrons. The van der Waals surface area contributed by atoms with Crippen LogP contribution in [0.15, 0.2) is 48.5 Å².